The van der Waals surface area contributed by atoms with Crippen molar-refractivity contribution in [1.29, 1.82) is 5.26 Å². The van der Waals surface area contributed by atoms with Crippen LogP contribution in [0.2, 0.25) is 0 Å². The van der Waals surface area contributed by atoms with Crippen LogP contribution in [0.25, 0.3) is 26.7 Å². The number of hydrazone groups is 1. The van der Waals surface area contributed by atoms with Gasteiger partial charge in [0.15, 0.2) is 0 Å². The van der Waals surface area contributed by atoms with E-state index >= 15 is 0 Å². The molecule has 0 unspecified atom stereocenters. The van der Waals surface area contributed by atoms with Crippen LogP contribution in [0.3, 0.4) is 0 Å². The number of ether oxygens (including phenoxy) is 9. The maximum Gasteiger partial charge on any atom is 0.428 e. The lowest BCUT2D eigenvalue weighted by Gasteiger charge is -2.25. The number of methoxy groups -OCH3 is 1. The number of nitrogens with two attached hydrogens (primary N) is 3. The zero-order valence-electron chi connectivity index (χ0n) is 54.5. The second-order valence-corrected chi connectivity index (χ2v) is 25.0. The van der Waals surface area contributed by atoms with Crippen molar-refractivity contribution in [2.45, 2.75) is 169 Å². The molecule has 5 aliphatic heterocycles. The number of carbonyl (C=O) groups excluding carboxylic acids is 4. The van der Waals surface area contributed by atoms with Crippen LogP contribution in [0.1, 0.15) is 146 Å². The van der Waals surface area contributed by atoms with Crippen molar-refractivity contribution in [3.63, 3.8) is 0 Å². The molecule has 8 rings (SSSR count). The van der Waals surface area contributed by atoms with Crippen molar-refractivity contribution >= 4 is 104 Å². The highest BCUT2D eigenvalue weighted by Gasteiger charge is 2.25. The van der Waals surface area contributed by atoms with Crippen molar-refractivity contribution in [3.8, 4) is 17.3 Å². The van der Waals surface area contributed by atoms with E-state index in [2.05, 4.69) is 73.5 Å². The van der Waals surface area contributed by atoms with E-state index in [1.807, 2.05) is 77.9 Å². The molecular weight excluding hydrogens is 1380 g/mol. The van der Waals surface area contributed by atoms with Gasteiger partial charge in [-0.05, 0) is 131 Å². The van der Waals surface area contributed by atoms with E-state index in [0.717, 1.165) is 98.0 Å². The van der Waals surface area contributed by atoms with E-state index in [1.165, 1.54) is 7.11 Å². The minimum absolute atomic E-state index is 0. The standard InChI is InChI=1S/C15H15BrN4O.C11H7BrN2O.C10H20N2O3.C10H18N2O3.C6H13NO2.C5H12N2O.C5H8O2.CH4.2ClH/c1-18-14-13(10-2-4-11(16)5-3-10)19-20(15(14)17)12-6-8-21-9-7-12;1-14-10(7-13)11(15-2)8-3-5-9(12)6-4-8;2*1-10(2,3)15-9(13)12-11-8-4-6-14-7-5-8;1-6(2,3)9-5(8)4-7;6-7-5-1-3-8-4-2-5;6-5-1-3-7-4-2-5;;;/h2-5,12H,6-9,17H2;3-6H,2H3;8,11H,4-7H2,1-3H3,(H,12,13);4-7H2,1-3H3,(H,12,13);4,7H2,1-3H3;5,7H,1-4,6H2;1-4H2;1H4;2*1H/b;11-10+;;;;;;;;. The maximum absolute atomic E-state index is 11.3. The summed E-state index contributed by atoms with van der Waals surface area (Å²) in [6, 6.07) is 17.8. The van der Waals surface area contributed by atoms with Gasteiger partial charge in [-0.15, -0.1) is 24.8 Å². The van der Waals surface area contributed by atoms with Crippen LogP contribution in [0.5, 0.6) is 0 Å². The maximum atomic E-state index is 11.3. The number of esters is 1. The second-order valence-electron chi connectivity index (χ2n) is 23.2. The van der Waals surface area contributed by atoms with E-state index in [0.29, 0.717) is 92.8 Å². The van der Waals surface area contributed by atoms with Gasteiger partial charge in [0, 0.05) is 97.6 Å². The first kappa shape index (κ1) is 89.0. The van der Waals surface area contributed by atoms with Gasteiger partial charge in [-0.2, -0.15) is 10.2 Å². The van der Waals surface area contributed by atoms with Gasteiger partial charge in [0.1, 0.15) is 39.9 Å². The SMILES string of the molecule is C.CC(C)(C)OC(=O)CN.CC(C)(C)OC(=O)NN=C1CCOCC1.CC(C)(C)OC(=O)NNC1CCOCC1.Cl.Cl.NNC1CCOCC1.O=C1CCOCC1.[C-]#[N+]/C(C#N)=C(/OC)c1ccc(Br)cc1.[C-]#[N+]c1c(-c2ccc(Br)cc2)nn(C2CCOCC2)c1N. The van der Waals surface area contributed by atoms with Gasteiger partial charge in [-0.3, -0.25) is 31.0 Å². The molecule has 93 heavy (non-hydrogen) atoms. The lowest BCUT2D eigenvalue weighted by Crippen LogP contribution is -2.48. The molecule has 26 nitrogen and oxygen atoms in total. The van der Waals surface area contributed by atoms with Gasteiger partial charge in [-0.25, -0.2) is 35.4 Å². The fourth-order valence-electron chi connectivity index (χ4n) is 7.94. The van der Waals surface area contributed by atoms with Gasteiger partial charge >= 0.3 is 23.9 Å². The molecule has 2 amide bonds. The molecule has 0 spiro atoms. The van der Waals surface area contributed by atoms with Crippen LogP contribution >= 0.6 is 56.7 Å². The number of Topliss-reactive ketones (excluding diaryl/α,β-unsaturated/α-hetero) is 1. The predicted molar refractivity (Wildman–Crippen MR) is 371 cm³/mol. The van der Waals surface area contributed by atoms with Crippen molar-refractivity contribution in [1.82, 2.24) is 31.5 Å². The number of nitriles is 1. The first-order valence-electron chi connectivity index (χ1n) is 29.6. The van der Waals surface area contributed by atoms with Crippen molar-refractivity contribution < 1.29 is 61.8 Å². The van der Waals surface area contributed by atoms with Crippen LogP contribution in [-0.2, 0) is 52.2 Å². The van der Waals surface area contributed by atoms with Crippen LogP contribution in [-0.4, -0.2) is 148 Å². The number of hydrogen-bond acceptors (Lipinski definition) is 21. The Morgan fingerprint density at radius 2 is 1.15 bits per heavy atom. The van der Waals surface area contributed by atoms with Gasteiger partial charge in [0.25, 0.3) is 5.69 Å². The summed E-state index contributed by atoms with van der Waals surface area (Å²) in [6.07, 6.45) is 7.53. The average molecular weight is 1480 g/mol. The Balaban J connectivity index is 0. The van der Waals surface area contributed by atoms with Crippen LogP contribution in [0.15, 0.2) is 68.3 Å². The normalized spacial score (nSPS) is 15.9. The summed E-state index contributed by atoms with van der Waals surface area (Å²) in [5.74, 6) is 5.94. The number of halogens is 4. The Kier molecular flexibility index (Phi) is 46.6. The Bertz CT molecular complexity index is 2800. The largest absolute Gasteiger partial charge is 0.506 e. The lowest BCUT2D eigenvalue weighted by atomic mass is 10.1. The Morgan fingerprint density at radius 3 is 1.54 bits per heavy atom. The van der Waals surface area contributed by atoms with Crippen molar-refractivity contribution in [3.05, 3.63) is 91.6 Å². The Hall–Kier alpha value is -6.01. The van der Waals surface area contributed by atoms with Crippen molar-refractivity contribution in [2.24, 2.45) is 16.7 Å². The number of allylic oxidation sites excluding steroid dienone is 1. The molecule has 0 bridgehead atoms. The average Bonchev–Trinajstić information content (AvgIpc) is 1.66. The number of carbonyl (C=O) groups is 4. The second kappa shape index (κ2) is 48.7. The number of benzene rings is 2. The monoisotopic (exact) mass is 1470 g/mol. The first-order chi connectivity index (χ1) is 42.7. The number of nitrogens with zero attached hydrogens (tertiary/aromatic N) is 6. The molecule has 5 saturated heterocycles. The van der Waals surface area contributed by atoms with Crippen LogP contribution in [0.4, 0.5) is 21.1 Å². The third-order valence-corrected chi connectivity index (χ3v) is 13.4. The number of amides is 2. The number of aromatic nitrogens is 2. The molecule has 0 atom stereocenters. The third-order valence-electron chi connectivity index (χ3n) is 12.3. The van der Waals surface area contributed by atoms with Gasteiger partial charge in [0.05, 0.1) is 65.3 Å². The molecule has 0 radical (unpaired) electrons. The van der Waals surface area contributed by atoms with Gasteiger partial charge < -0.3 is 54.1 Å². The molecule has 5 fully saturated rings. The highest BCUT2D eigenvalue weighted by Crippen LogP contribution is 2.38. The molecule has 6 heterocycles. The van der Waals surface area contributed by atoms with E-state index in [-0.39, 0.29) is 62.5 Å². The minimum Gasteiger partial charge on any atom is -0.506 e. The first-order valence-corrected chi connectivity index (χ1v) is 31.1. The summed E-state index contributed by atoms with van der Waals surface area (Å²) in [6.45, 7) is 37.8. The number of ketones is 1. The molecule has 30 heteroatoms. The third kappa shape index (κ3) is 40.1. The summed E-state index contributed by atoms with van der Waals surface area (Å²) in [7, 11) is 1.44. The number of rotatable bonds is 9. The zero-order valence-corrected chi connectivity index (χ0v) is 59.3. The summed E-state index contributed by atoms with van der Waals surface area (Å²) < 4.78 is 49.5. The summed E-state index contributed by atoms with van der Waals surface area (Å²) in [4.78, 5) is 50.1. The molecule has 0 aliphatic carbocycles. The van der Waals surface area contributed by atoms with Crippen LogP contribution in [0, 0.1) is 24.5 Å². The Labute approximate surface area is 578 Å². The molecule has 10 N–H and O–H groups in total. The topological polar surface area (TPSA) is 340 Å². The molecule has 5 aliphatic rings. The van der Waals surface area contributed by atoms with E-state index in [9.17, 15) is 19.2 Å². The van der Waals surface area contributed by atoms with E-state index < -0.39 is 29.0 Å². The fourth-order valence-corrected chi connectivity index (χ4v) is 8.46. The summed E-state index contributed by atoms with van der Waals surface area (Å²) in [5.41, 5.74) is 24.0. The molecule has 0 saturated carbocycles. The lowest BCUT2D eigenvalue weighted by molar-refractivity contribution is -0.152. The highest BCUT2D eigenvalue weighted by atomic mass is 79.9. The number of nitrogen functional groups attached to an aromatic ring is 1. The molecule has 2 aromatic carbocycles. The van der Waals surface area contributed by atoms with E-state index in [4.69, 9.17) is 78.3 Å². The number of anilines is 1. The summed E-state index contributed by atoms with van der Waals surface area (Å²) in [5, 5.41) is 17.3. The molecule has 522 valence electrons. The fraction of sp³-hybridized carbons (Fsp3) is 0.603. The van der Waals surface area contributed by atoms with E-state index in [1.54, 1.807) is 43.7 Å². The smallest absolute Gasteiger partial charge is 0.428 e. The van der Waals surface area contributed by atoms with Gasteiger partial charge in [0.2, 0.25) is 0 Å². The van der Waals surface area contributed by atoms with Crippen LogP contribution < -0.4 is 39.0 Å². The zero-order chi connectivity index (χ0) is 67.1. The Morgan fingerprint density at radius 1 is 0.710 bits per heavy atom. The predicted octanol–water partition coefficient (Wildman–Crippen LogP) is 11.6. The molecule has 3 aromatic rings. The summed E-state index contributed by atoms with van der Waals surface area (Å²) >= 11 is 6.72. The van der Waals surface area contributed by atoms with Gasteiger partial charge in [-0.1, -0.05) is 63.6 Å². The number of nitrogens with one attached hydrogen (secondary N) is 4. The molecular formula is C63H99Br2Cl2N13O13. The highest BCUT2D eigenvalue weighted by molar-refractivity contribution is 9.10. The van der Waals surface area contributed by atoms with Crippen molar-refractivity contribution in [2.75, 3.05) is 85.5 Å². The molecule has 1 aromatic heterocycles. The quantitative estimate of drug-likeness (QED) is 0.0199. The number of hydrogen-bond donors (Lipinski definition) is 7. The number of hydrazine groups is 2. The minimum atomic E-state index is -0.513.